The van der Waals surface area contributed by atoms with Crippen LogP contribution in [0.5, 0.6) is 0 Å². The highest BCUT2D eigenvalue weighted by molar-refractivity contribution is 6.32. The van der Waals surface area contributed by atoms with Crippen molar-refractivity contribution in [2.45, 2.75) is 12.8 Å². The molecule has 0 bridgehead atoms. The maximum atomic E-state index is 6.04. The van der Waals surface area contributed by atoms with Crippen molar-refractivity contribution in [1.29, 1.82) is 0 Å². The molecule has 0 aromatic carbocycles. The quantitative estimate of drug-likeness (QED) is 0.826. The summed E-state index contributed by atoms with van der Waals surface area (Å²) in [5.74, 6) is 1.50. The Hall–Kier alpha value is -0.870. The third kappa shape index (κ3) is 2.38. The maximum Gasteiger partial charge on any atom is 0.150 e. The minimum Gasteiger partial charge on any atom is -0.355 e. The van der Waals surface area contributed by atoms with E-state index in [4.69, 9.17) is 17.3 Å². The molecule has 82 valence electrons. The number of hydrogen-bond donors (Lipinski definition) is 1. The summed E-state index contributed by atoms with van der Waals surface area (Å²) >= 11 is 6.04. The van der Waals surface area contributed by atoms with Gasteiger partial charge in [0.1, 0.15) is 11.3 Å². The van der Waals surface area contributed by atoms with Crippen LogP contribution in [0.1, 0.15) is 12.8 Å². The second kappa shape index (κ2) is 4.77. The molecule has 4 nitrogen and oxygen atoms in total. The van der Waals surface area contributed by atoms with Crippen molar-refractivity contribution in [1.82, 2.24) is 9.97 Å². The van der Waals surface area contributed by atoms with Crippen LogP contribution in [0.25, 0.3) is 0 Å². The monoisotopic (exact) mass is 226 g/mol. The molecule has 0 saturated carbocycles. The Labute approximate surface area is 94.5 Å². The molecule has 0 radical (unpaired) electrons. The van der Waals surface area contributed by atoms with Crippen molar-refractivity contribution in [3.8, 4) is 0 Å². The highest BCUT2D eigenvalue weighted by Gasteiger charge is 2.20. The SMILES string of the molecule is NCC1CCN(c2ncncc2Cl)CC1. The molecule has 1 aliphatic rings. The molecule has 0 aliphatic carbocycles. The molecule has 1 aromatic heterocycles. The van der Waals surface area contributed by atoms with Gasteiger partial charge in [-0.1, -0.05) is 11.6 Å². The summed E-state index contributed by atoms with van der Waals surface area (Å²) in [5.41, 5.74) is 5.65. The van der Waals surface area contributed by atoms with Crippen molar-refractivity contribution in [3.05, 3.63) is 17.5 Å². The molecule has 1 aliphatic heterocycles. The molecule has 1 saturated heterocycles. The van der Waals surface area contributed by atoms with Crippen LogP contribution in [-0.4, -0.2) is 29.6 Å². The summed E-state index contributed by atoms with van der Waals surface area (Å²) in [7, 11) is 0. The topological polar surface area (TPSA) is 55.0 Å². The average molecular weight is 227 g/mol. The first kappa shape index (κ1) is 10.6. The summed E-state index contributed by atoms with van der Waals surface area (Å²) in [5, 5.41) is 0.628. The molecule has 0 unspecified atom stereocenters. The molecule has 0 spiro atoms. The Morgan fingerprint density at radius 1 is 1.47 bits per heavy atom. The van der Waals surface area contributed by atoms with E-state index in [-0.39, 0.29) is 0 Å². The van der Waals surface area contributed by atoms with Crippen LogP contribution >= 0.6 is 11.6 Å². The van der Waals surface area contributed by atoms with Gasteiger partial charge < -0.3 is 10.6 Å². The predicted molar refractivity (Wildman–Crippen MR) is 61.0 cm³/mol. The van der Waals surface area contributed by atoms with Crippen molar-refractivity contribution < 1.29 is 0 Å². The van der Waals surface area contributed by atoms with Crippen LogP contribution in [0.4, 0.5) is 5.82 Å². The molecule has 2 rings (SSSR count). The minimum atomic E-state index is 0.628. The Balaban J connectivity index is 2.04. The summed E-state index contributed by atoms with van der Waals surface area (Å²) < 4.78 is 0. The molecule has 2 heterocycles. The lowest BCUT2D eigenvalue weighted by molar-refractivity contribution is 0.413. The van der Waals surface area contributed by atoms with Crippen LogP contribution in [0.2, 0.25) is 5.02 Å². The van der Waals surface area contributed by atoms with E-state index in [2.05, 4.69) is 14.9 Å². The number of nitrogens with zero attached hydrogens (tertiary/aromatic N) is 3. The summed E-state index contributed by atoms with van der Waals surface area (Å²) in [4.78, 5) is 10.3. The van der Waals surface area contributed by atoms with Crippen molar-refractivity contribution in [3.63, 3.8) is 0 Å². The number of nitrogens with two attached hydrogens (primary N) is 1. The predicted octanol–water partition coefficient (Wildman–Crippen LogP) is 1.31. The number of rotatable bonds is 2. The Kier molecular flexibility index (Phi) is 3.38. The van der Waals surface area contributed by atoms with E-state index in [1.165, 1.54) is 6.33 Å². The van der Waals surface area contributed by atoms with E-state index >= 15 is 0 Å². The van der Waals surface area contributed by atoms with E-state index in [0.717, 1.165) is 38.3 Å². The zero-order valence-corrected chi connectivity index (χ0v) is 9.32. The summed E-state index contributed by atoms with van der Waals surface area (Å²) in [6.45, 7) is 2.75. The van der Waals surface area contributed by atoms with Gasteiger partial charge in [-0.3, -0.25) is 0 Å². The summed E-state index contributed by atoms with van der Waals surface area (Å²) in [6, 6.07) is 0. The Morgan fingerprint density at radius 2 is 2.20 bits per heavy atom. The van der Waals surface area contributed by atoms with E-state index in [9.17, 15) is 0 Å². The zero-order valence-electron chi connectivity index (χ0n) is 8.56. The zero-order chi connectivity index (χ0) is 10.7. The lowest BCUT2D eigenvalue weighted by atomic mass is 9.97. The largest absolute Gasteiger partial charge is 0.355 e. The van der Waals surface area contributed by atoms with Crippen molar-refractivity contribution >= 4 is 17.4 Å². The molecule has 1 aromatic rings. The normalized spacial score (nSPS) is 18.1. The number of anilines is 1. The van der Waals surface area contributed by atoms with Gasteiger partial charge >= 0.3 is 0 Å². The Morgan fingerprint density at radius 3 is 2.80 bits per heavy atom. The third-order valence-corrected chi connectivity index (χ3v) is 3.16. The fourth-order valence-electron chi connectivity index (χ4n) is 1.92. The first-order valence-electron chi connectivity index (χ1n) is 5.21. The highest BCUT2D eigenvalue weighted by atomic mass is 35.5. The molecule has 2 N–H and O–H groups in total. The Bertz CT molecular complexity index is 323. The molecule has 15 heavy (non-hydrogen) atoms. The van der Waals surface area contributed by atoms with Crippen molar-refractivity contribution in [2.24, 2.45) is 11.7 Å². The van der Waals surface area contributed by atoms with Gasteiger partial charge in [-0.05, 0) is 25.3 Å². The number of aromatic nitrogens is 2. The smallest absolute Gasteiger partial charge is 0.150 e. The van der Waals surface area contributed by atoms with Gasteiger partial charge in [-0.2, -0.15) is 0 Å². The summed E-state index contributed by atoms with van der Waals surface area (Å²) in [6.07, 6.45) is 5.42. The van der Waals surface area contributed by atoms with Gasteiger partial charge in [-0.15, -0.1) is 0 Å². The second-order valence-corrected chi connectivity index (χ2v) is 4.27. The fraction of sp³-hybridized carbons (Fsp3) is 0.600. The van der Waals surface area contributed by atoms with Crippen LogP contribution in [-0.2, 0) is 0 Å². The van der Waals surface area contributed by atoms with E-state index in [1.54, 1.807) is 6.20 Å². The molecular weight excluding hydrogens is 212 g/mol. The molecule has 0 atom stereocenters. The number of hydrogen-bond acceptors (Lipinski definition) is 4. The lowest BCUT2D eigenvalue weighted by Crippen LogP contribution is -2.36. The first-order chi connectivity index (χ1) is 7.31. The fourth-order valence-corrected chi connectivity index (χ4v) is 2.14. The molecule has 1 fully saturated rings. The van der Waals surface area contributed by atoms with E-state index in [0.29, 0.717) is 10.9 Å². The third-order valence-electron chi connectivity index (χ3n) is 2.90. The van der Waals surface area contributed by atoms with Crippen LogP contribution in [0.15, 0.2) is 12.5 Å². The number of halogens is 1. The standard InChI is InChI=1S/C10H15ClN4/c11-9-6-13-7-14-10(9)15-3-1-8(5-12)2-4-15/h6-8H,1-5,12H2. The average Bonchev–Trinajstić information content (AvgIpc) is 2.30. The maximum absolute atomic E-state index is 6.04. The van der Waals surface area contributed by atoms with Gasteiger partial charge in [0.2, 0.25) is 0 Å². The first-order valence-corrected chi connectivity index (χ1v) is 5.59. The molecular formula is C10H15ClN4. The van der Waals surface area contributed by atoms with Gasteiger partial charge in [-0.25, -0.2) is 9.97 Å². The van der Waals surface area contributed by atoms with Crippen LogP contribution in [0.3, 0.4) is 0 Å². The van der Waals surface area contributed by atoms with E-state index < -0.39 is 0 Å². The van der Waals surface area contributed by atoms with Crippen molar-refractivity contribution in [2.75, 3.05) is 24.5 Å². The van der Waals surface area contributed by atoms with Gasteiger partial charge in [0.15, 0.2) is 5.82 Å². The van der Waals surface area contributed by atoms with Gasteiger partial charge in [0.05, 0.1) is 6.20 Å². The van der Waals surface area contributed by atoms with Crippen LogP contribution < -0.4 is 10.6 Å². The van der Waals surface area contributed by atoms with E-state index in [1.807, 2.05) is 0 Å². The van der Waals surface area contributed by atoms with Gasteiger partial charge in [0, 0.05) is 13.1 Å². The molecule has 0 amide bonds. The number of piperidine rings is 1. The van der Waals surface area contributed by atoms with Gasteiger partial charge in [0.25, 0.3) is 0 Å². The minimum absolute atomic E-state index is 0.628. The highest BCUT2D eigenvalue weighted by Crippen LogP contribution is 2.26. The second-order valence-electron chi connectivity index (χ2n) is 3.86. The molecule has 5 heteroatoms. The van der Waals surface area contributed by atoms with Crippen LogP contribution in [0, 0.1) is 5.92 Å². The lowest BCUT2D eigenvalue weighted by Gasteiger charge is -2.32.